The summed E-state index contributed by atoms with van der Waals surface area (Å²) in [5.41, 5.74) is 5.55. The maximum absolute atomic E-state index is 11.3. The molecule has 0 fully saturated rings. The van der Waals surface area contributed by atoms with E-state index in [-0.39, 0.29) is 0 Å². The van der Waals surface area contributed by atoms with E-state index in [0.29, 0.717) is 19.4 Å². The van der Waals surface area contributed by atoms with E-state index >= 15 is 0 Å². The van der Waals surface area contributed by atoms with Gasteiger partial charge in [0.1, 0.15) is 6.04 Å². The van der Waals surface area contributed by atoms with Gasteiger partial charge in [-0.15, -0.1) is 0 Å². The van der Waals surface area contributed by atoms with Gasteiger partial charge in [0.25, 0.3) is 0 Å². The SMILES string of the molecule is COCCCC(N)C(=O)NC(C)C(=O)O. The van der Waals surface area contributed by atoms with Gasteiger partial charge in [-0.05, 0) is 19.8 Å². The number of hydrogen-bond donors (Lipinski definition) is 3. The maximum atomic E-state index is 11.3. The molecule has 0 bridgehead atoms. The van der Waals surface area contributed by atoms with Crippen LogP contribution >= 0.6 is 0 Å². The lowest BCUT2D eigenvalue weighted by Crippen LogP contribution is -2.47. The molecule has 0 heterocycles. The van der Waals surface area contributed by atoms with Crippen molar-refractivity contribution in [3.8, 4) is 0 Å². The van der Waals surface area contributed by atoms with E-state index in [1.165, 1.54) is 6.92 Å². The molecule has 0 spiro atoms. The highest BCUT2D eigenvalue weighted by atomic mass is 16.5. The molecule has 0 aromatic rings. The van der Waals surface area contributed by atoms with Crippen LogP contribution in [0, 0.1) is 0 Å². The van der Waals surface area contributed by atoms with Gasteiger partial charge in [0, 0.05) is 13.7 Å². The zero-order chi connectivity index (χ0) is 11.8. The van der Waals surface area contributed by atoms with Crippen molar-refractivity contribution in [2.45, 2.75) is 31.8 Å². The summed E-state index contributed by atoms with van der Waals surface area (Å²) in [5, 5.41) is 10.9. The normalized spacial score (nSPS) is 14.3. The zero-order valence-corrected chi connectivity index (χ0v) is 9.03. The molecule has 0 aromatic heterocycles. The maximum Gasteiger partial charge on any atom is 0.325 e. The van der Waals surface area contributed by atoms with Crippen molar-refractivity contribution in [2.75, 3.05) is 13.7 Å². The van der Waals surface area contributed by atoms with Gasteiger partial charge in [-0.3, -0.25) is 9.59 Å². The van der Waals surface area contributed by atoms with Crippen LogP contribution in [0.4, 0.5) is 0 Å². The summed E-state index contributed by atoms with van der Waals surface area (Å²) in [6.45, 7) is 1.93. The predicted molar refractivity (Wildman–Crippen MR) is 54.3 cm³/mol. The van der Waals surface area contributed by atoms with Crippen LogP contribution in [0.15, 0.2) is 0 Å². The summed E-state index contributed by atoms with van der Waals surface area (Å²) >= 11 is 0. The Morgan fingerprint density at radius 3 is 2.60 bits per heavy atom. The molecule has 6 heteroatoms. The number of hydrogen-bond acceptors (Lipinski definition) is 4. The summed E-state index contributed by atoms with van der Waals surface area (Å²) in [5.74, 6) is -1.52. The lowest BCUT2D eigenvalue weighted by molar-refractivity contribution is -0.141. The van der Waals surface area contributed by atoms with Crippen LogP contribution in [0.5, 0.6) is 0 Å². The molecular weight excluding hydrogens is 200 g/mol. The fourth-order valence-corrected chi connectivity index (χ4v) is 0.961. The number of carbonyl (C=O) groups excluding carboxylic acids is 1. The fraction of sp³-hybridized carbons (Fsp3) is 0.778. The number of carboxylic acids is 1. The summed E-state index contributed by atoms with van der Waals surface area (Å²) in [6.07, 6.45) is 1.15. The minimum absolute atomic E-state index is 0.444. The van der Waals surface area contributed by atoms with Gasteiger partial charge < -0.3 is 20.9 Å². The smallest absolute Gasteiger partial charge is 0.325 e. The molecule has 0 saturated carbocycles. The number of aliphatic carboxylic acids is 1. The predicted octanol–water partition coefficient (Wildman–Crippen LogP) is -0.670. The summed E-state index contributed by atoms with van der Waals surface area (Å²) in [6, 6.07) is -1.59. The third kappa shape index (κ3) is 6.03. The van der Waals surface area contributed by atoms with Crippen LogP contribution in [-0.2, 0) is 14.3 Å². The standard InChI is InChI=1S/C9H18N2O4/c1-6(9(13)14)11-8(12)7(10)4-3-5-15-2/h6-7H,3-5,10H2,1-2H3,(H,11,12)(H,13,14). The minimum atomic E-state index is -1.08. The third-order valence-electron chi connectivity index (χ3n) is 1.93. The molecule has 2 atom stereocenters. The van der Waals surface area contributed by atoms with E-state index in [1.54, 1.807) is 7.11 Å². The monoisotopic (exact) mass is 218 g/mol. The van der Waals surface area contributed by atoms with Crippen LogP contribution < -0.4 is 11.1 Å². The summed E-state index contributed by atoms with van der Waals surface area (Å²) in [7, 11) is 1.57. The molecule has 4 N–H and O–H groups in total. The Hall–Kier alpha value is -1.14. The molecule has 0 aliphatic heterocycles. The van der Waals surface area contributed by atoms with Crippen molar-refractivity contribution in [1.29, 1.82) is 0 Å². The van der Waals surface area contributed by atoms with Crippen LogP contribution in [0.2, 0.25) is 0 Å². The lowest BCUT2D eigenvalue weighted by Gasteiger charge is -2.14. The first-order valence-corrected chi connectivity index (χ1v) is 4.76. The lowest BCUT2D eigenvalue weighted by atomic mass is 10.1. The Morgan fingerprint density at radius 1 is 1.53 bits per heavy atom. The number of rotatable bonds is 7. The Labute approximate surface area is 88.8 Å². The highest BCUT2D eigenvalue weighted by Gasteiger charge is 2.18. The molecule has 2 unspecified atom stereocenters. The van der Waals surface area contributed by atoms with Crippen molar-refractivity contribution in [3.63, 3.8) is 0 Å². The van der Waals surface area contributed by atoms with E-state index in [1.807, 2.05) is 0 Å². The first kappa shape index (κ1) is 13.9. The van der Waals surface area contributed by atoms with Gasteiger partial charge in [-0.2, -0.15) is 0 Å². The zero-order valence-electron chi connectivity index (χ0n) is 9.03. The molecule has 1 amide bonds. The van der Waals surface area contributed by atoms with Crippen LogP contribution in [0.1, 0.15) is 19.8 Å². The Bertz CT molecular complexity index is 220. The Kier molecular flexibility index (Phi) is 6.64. The van der Waals surface area contributed by atoms with Crippen LogP contribution in [0.3, 0.4) is 0 Å². The first-order valence-electron chi connectivity index (χ1n) is 4.76. The second-order valence-electron chi connectivity index (χ2n) is 3.31. The summed E-state index contributed by atoms with van der Waals surface area (Å²) < 4.78 is 4.81. The average Bonchev–Trinajstić information content (AvgIpc) is 2.17. The number of ether oxygens (including phenoxy) is 1. The number of nitrogens with one attached hydrogen (secondary N) is 1. The van der Waals surface area contributed by atoms with Gasteiger partial charge in [0.05, 0.1) is 6.04 Å². The Morgan fingerprint density at radius 2 is 2.13 bits per heavy atom. The molecule has 0 aliphatic carbocycles. The molecule has 88 valence electrons. The van der Waals surface area contributed by atoms with E-state index in [0.717, 1.165) is 0 Å². The van der Waals surface area contributed by atoms with Crippen LogP contribution in [0.25, 0.3) is 0 Å². The highest BCUT2D eigenvalue weighted by molar-refractivity contribution is 5.86. The second-order valence-corrected chi connectivity index (χ2v) is 3.31. The topological polar surface area (TPSA) is 102 Å². The van der Waals surface area contributed by atoms with E-state index in [9.17, 15) is 9.59 Å². The minimum Gasteiger partial charge on any atom is -0.480 e. The fourth-order valence-electron chi connectivity index (χ4n) is 0.961. The number of nitrogens with two attached hydrogens (primary N) is 1. The average molecular weight is 218 g/mol. The first-order chi connectivity index (χ1) is 6.99. The molecule has 0 aliphatic rings. The molecular formula is C9H18N2O4. The van der Waals surface area contributed by atoms with Crippen molar-refractivity contribution in [3.05, 3.63) is 0 Å². The van der Waals surface area contributed by atoms with Crippen molar-refractivity contribution < 1.29 is 19.4 Å². The van der Waals surface area contributed by atoms with Crippen molar-refractivity contribution in [2.24, 2.45) is 5.73 Å². The van der Waals surface area contributed by atoms with Crippen LogP contribution in [-0.4, -0.2) is 42.8 Å². The van der Waals surface area contributed by atoms with Gasteiger partial charge in [0.2, 0.25) is 5.91 Å². The molecule has 0 saturated heterocycles. The summed E-state index contributed by atoms with van der Waals surface area (Å²) in [4.78, 5) is 21.8. The Balaban J connectivity index is 3.83. The number of amides is 1. The molecule has 15 heavy (non-hydrogen) atoms. The quantitative estimate of drug-likeness (QED) is 0.492. The van der Waals surface area contributed by atoms with E-state index in [4.69, 9.17) is 15.6 Å². The van der Waals surface area contributed by atoms with Crippen molar-refractivity contribution >= 4 is 11.9 Å². The number of carbonyl (C=O) groups is 2. The van der Waals surface area contributed by atoms with Crippen molar-refractivity contribution in [1.82, 2.24) is 5.32 Å². The van der Waals surface area contributed by atoms with Gasteiger partial charge in [0.15, 0.2) is 0 Å². The van der Waals surface area contributed by atoms with E-state index in [2.05, 4.69) is 5.32 Å². The highest BCUT2D eigenvalue weighted by Crippen LogP contribution is 1.95. The van der Waals surface area contributed by atoms with E-state index < -0.39 is 24.0 Å². The molecule has 0 rings (SSSR count). The third-order valence-corrected chi connectivity index (χ3v) is 1.93. The second kappa shape index (κ2) is 7.19. The largest absolute Gasteiger partial charge is 0.480 e. The number of carboxylic acid groups (broad SMARTS) is 1. The van der Waals surface area contributed by atoms with Gasteiger partial charge >= 0.3 is 5.97 Å². The molecule has 0 aromatic carbocycles. The molecule has 0 radical (unpaired) electrons. The number of methoxy groups -OCH3 is 1. The van der Waals surface area contributed by atoms with Gasteiger partial charge in [-0.1, -0.05) is 0 Å². The van der Waals surface area contributed by atoms with Gasteiger partial charge in [-0.25, -0.2) is 0 Å². The molecule has 6 nitrogen and oxygen atoms in total.